The molecule has 5 heteroatoms. The number of hydrazone groups is 1. The summed E-state index contributed by atoms with van der Waals surface area (Å²) >= 11 is 0. The van der Waals surface area contributed by atoms with Gasteiger partial charge in [0.05, 0.1) is 17.3 Å². The molecule has 0 unspecified atom stereocenters. The molecule has 2 N–H and O–H groups in total. The number of aryl methyl sites for hydroxylation is 1. The summed E-state index contributed by atoms with van der Waals surface area (Å²) in [4.78, 5) is 27.3. The maximum atomic E-state index is 12.2. The smallest absolute Gasteiger partial charge is 0.257 e. The molecule has 1 heterocycles. The number of nitrogens with zero attached hydrogens (tertiary/aromatic N) is 1. The van der Waals surface area contributed by atoms with Gasteiger partial charge in [0.15, 0.2) is 0 Å². The molecule has 5 nitrogen and oxygen atoms in total. The fraction of sp³-hybridized carbons (Fsp3) is 0.190. The number of aromatic amines is 1. The van der Waals surface area contributed by atoms with Crippen LogP contribution in [-0.2, 0) is 4.79 Å². The highest BCUT2D eigenvalue weighted by Gasteiger charge is 2.43. The van der Waals surface area contributed by atoms with Crippen LogP contribution < -0.4 is 11.0 Å². The summed E-state index contributed by atoms with van der Waals surface area (Å²) in [5, 5.41) is 4.91. The Morgan fingerprint density at radius 2 is 2.00 bits per heavy atom. The molecule has 0 spiro atoms. The van der Waals surface area contributed by atoms with Gasteiger partial charge in [-0.2, -0.15) is 5.10 Å². The number of carbonyl (C=O) groups excluding carboxylic acids is 1. The Bertz CT molecular complexity index is 1050. The van der Waals surface area contributed by atoms with E-state index in [0.717, 1.165) is 22.9 Å². The van der Waals surface area contributed by atoms with Crippen LogP contribution in [-0.4, -0.2) is 17.1 Å². The van der Waals surface area contributed by atoms with Crippen LogP contribution in [0.4, 0.5) is 0 Å². The van der Waals surface area contributed by atoms with E-state index in [0.29, 0.717) is 5.56 Å². The largest absolute Gasteiger partial charge is 0.321 e. The number of fused-ring (bicyclic) bond motifs is 1. The molecule has 1 fully saturated rings. The van der Waals surface area contributed by atoms with E-state index in [1.807, 2.05) is 55.5 Å². The van der Waals surface area contributed by atoms with Gasteiger partial charge in [-0.15, -0.1) is 0 Å². The van der Waals surface area contributed by atoms with Crippen LogP contribution in [0.3, 0.4) is 0 Å². The Morgan fingerprint density at radius 3 is 2.81 bits per heavy atom. The first kappa shape index (κ1) is 16.3. The molecule has 3 aromatic rings. The zero-order valence-corrected chi connectivity index (χ0v) is 14.4. The second kappa shape index (κ2) is 6.59. The third-order valence-corrected chi connectivity index (χ3v) is 4.85. The maximum Gasteiger partial charge on any atom is 0.257 e. The molecule has 0 aliphatic heterocycles. The molecule has 0 saturated heterocycles. The van der Waals surface area contributed by atoms with Crippen LogP contribution in [0.25, 0.3) is 10.9 Å². The molecule has 1 aliphatic rings. The van der Waals surface area contributed by atoms with E-state index in [2.05, 4.69) is 15.5 Å². The number of benzene rings is 2. The van der Waals surface area contributed by atoms with Gasteiger partial charge in [-0.3, -0.25) is 9.59 Å². The molecular formula is C21H19N3O2. The number of hydrogen-bond acceptors (Lipinski definition) is 3. The van der Waals surface area contributed by atoms with Crippen LogP contribution in [0.15, 0.2) is 64.5 Å². The average Bonchev–Trinajstić information content (AvgIpc) is 3.45. The topological polar surface area (TPSA) is 74.3 Å². The Kier molecular flexibility index (Phi) is 4.13. The number of nitrogens with one attached hydrogen (secondary N) is 2. The van der Waals surface area contributed by atoms with E-state index >= 15 is 0 Å². The summed E-state index contributed by atoms with van der Waals surface area (Å²) in [6.45, 7) is 1.95. The van der Waals surface area contributed by atoms with Crippen molar-refractivity contribution in [2.75, 3.05) is 0 Å². The van der Waals surface area contributed by atoms with Gasteiger partial charge in [0.25, 0.3) is 5.56 Å². The minimum Gasteiger partial charge on any atom is -0.321 e. The Balaban J connectivity index is 1.44. The standard InChI is InChI=1S/C21H19N3O2/c1-13-6-5-9-15-10-16(20(25)23-19(13)15)12-22-24-21(26)18-11-17(18)14-7-3-2-4-8-14/h2-10,12,17-18H,11H2,1H3,(H,23,25)(H,24,26)/t17-,18+/m1/s1. The van der Waals surface area contributed by atoms with Crippen molar-refractivity contribution in [1.82, 2.24) is 10.4 Å². The number of aromatic nitrogens is 1. The SMILES string of the molecule is Cc1cccc2cc(C=NNC(=O)[C@H]3C[C@@H]3c3ccccc3)c(=O)[nH]c12. The Hall–Kier alpha value is -3.21. The Labute approximate surface area is 150 Å². The van der Waals surface area contributed by atoms with Crippen molar-refractivity contribution in [3.8, 4) is 0 Å². The summed E-state index contributed by atoms with van der Waals surface area (Å²) in [7, 11) is 0. The lowest BCUT2D eigenvalue weighted by molar-refractivity contribution is -0.122. The molecule has 0 radical (unpaired) electrons. The van der Waals surface area contributed by atoms with E-state index < -0.39 is 0 Å². The summed E-state index contributed by atoms with van der Waals surface area (Å²) in [6, 6.07) is 17.6. The third-order valence-electron chi connectivity index (χ3n) is 4.85. The maximum absolute atomic E-state index is 12.2. The molecule has 2 atom stereocenters. The lowest BCUT2D eigenvalue weighted by Crippen LogP contribution is -2.21. The highest BCUT2D eigenvalue weighted by atomic mass is 16.2. The summed E-state index contributed by atoms with van der Waals surface area (Å²) < 4.78 is 0. The third kappa shape index (κ3) is 3.16. The van der Waals surface area contributed by atoms with Crippen molar-refractivity contribution in [3.05, 3.63) is 81.6 Å². The molecule has 1 amide bonds. The van der Waals surface area contributed by atoms with Crippen molar-refractivity contribution in [3.63, 3.8) is 0 Å². The predicted octanol–water partition coefficient (Wildman–Crippen LogP) is 3.09. The molecule has 26 heavy (non-hydrogen) atoms. The molecule has 4 rings (SSSR count). The fourth-order valence-corrected chi connectivity index (χ4v) is 3.30. The van der Waals surface area contributed by atoms with Crippen LogP contribution >= 0.6 is 0 Å². The molecular weight excluding hydrogens is 326 g/mol. The lowest BCUT2D eigenvalue weighted by Gasteiger charge is -2.03. The second-order valence-corrected chi connectivity index (χ2v) is 6.69. The quantitative estimate of drug-likeness (QED) is 0.563. The van der Waals surface area contributed by atoms with Crippen LogP contribution in [0.1, 0.15) is 29.0 Å². The van der Waals surface area contributed by atoms with E-state index in [4.69, 9.17) is 0 Å². The fourth-order valence-electron chi connectivity index (χ4n) is 3.30. The van der Waals surface area contributed by atoms with E-state index in [-0.39, 0.29) is 23.3 Å². The summed E-state index contributed by atoms with van der Waals surface area (Å²) in [6.07, 6.45) is 2.24. The van der Waals surface area contributed by atoms with Gasteiger partial charge in [-0.05, 0) is 41.8 Å². The number of carbonyl (C=O) groups is 1. The number of rotatable bonds is 4. The van der Waals surface area contributed by atoms with E-state index in [9.17, 15) is 9.59 Å². The molecule has 1 aliphatic carbocycles. The monoisotopic (exact) mass is 345 g/mol. The molecule has 130 valence electrons. The van der Waals surface area contributed by atoms with Gasteiger partial charge in [0.2, 0.25) is 5.91 Å². The van der Waals surface area contributed by atoms with Crippen molar-refractivity contribution in [2.24, 2.45) is 11.0 Å². The van der Waals surface area contributed by atoms with Crippen molar-refractivity contribution < 1.29 is 4.79 Å². The van der Waals surface area contributed by atoms with Crippen LogP contribution in [0, 0.1) is 12.8 Å². The van der Waals surface area contributed by atoms with Crippen molar-refractivity contribution >= 4 is 23.0 Å². The number of H-pyrrole nitrogens is 1. The zero-order valence-electron chi connectivity index (χ0n) is 14.4. The van der Waals surface area contributed by atoms with Crippen molar-refractivity contribution in [1.29, 1.82) is 0 Å². The molecule has 1 aromatic heterocycles. The zero-order chi connectivity index (χ0) is 18.1. The highest BCUT2D eigenvalue weighted by molar-refractivity contribution is 5.90. The van der Waals surface area contributed by atoms with Crippen molar-refractivity contribution in [2.45, 2.75) is 19.3 Å². The lowest BCUT2D eigenvalue weighted by atomic mass is 10.1. The second-order valence-electron chi connectivity index (χ2n) is 6.69. The molecule has 0 bridgehead atoms. The van der Waals surface area contributed by atoms with Gasteiger partial charge in [-0.1, -0.05) is 48.5 Å². The Morgan fingerprint density at radius 1 is 1.19 bits per heavy atom. The molecule has 2 aromatic carbocycles. The highest BCUT2D eigenvalue weighted by Crippen LogP contribution is 2.47. The normalized spacial score (nSPS) is 19.0. The number of para-hydroxylation sites is 1. The van der Waals surface area contributed by atoms with Crippen LogP contribution in [0.2, 0.25) is 0 Å². The van der Waals surface area contributed by atoms with Gasteiger partial charge in [0, 0.05) is 5.92 Å². The van der Waals surface area contributed by atoms with E-state index in [1.165, 1.54) is 11.8 Å². The minimum absolute atomic E-state index is 0.0490. The van der Waals surface area contributed by atoms with E-state index in [1.54, 1.807) is 6.07 Å². The summed E-state index contributed by atoms with van der Waals surface area (Å²) in [5.74, 6) is 0.105. The number of amides is 1. The molecule has 1 saturated carbocycles. The van der Waals surface area contributed by atoms with Gasteiger partial charge < -0.3 is 4.98 Å². The first-order valence-electron chi connectivity index (χ1n) is 8.64. The predicted molar refractivity (Wildman–Crippen MR) is 102 cm³/mol. The van der Waals surface area contributed by atoms with Crippen LogP contribution in [0.5, 0.6) is 0 Å². The summed E-state index contributed by atoms with van der Waals surface area (Å²) in [5.41, 5.74) is 5.76. The van der Waals surface area contributed by atoms with Gasteiger partial charge >= 0.3 is 0 Å². The first-order chi connectivity index (χ1) is 12.6. The van der Waals surface area contributed by atoms with Gasteiger partial charge in [0.1, 0.15) is 0 Å². The first-order valence-corrected chi connectivity index (χ1v) is 8.64. The minimum atomic E-state index is -0.224. The average molecular weight is 345 g/mol. The number of pyridine rings is 1. The number of hydrogen-bond donors (Lipinski definition) is 2. The van der Waals surface area contributed by atoms with Gasteiger partial charge in [-0.25, -0.2) is 5.43 Å².